The summed E-state index contributed by atoms with van der Waals surface area (Å²) >= 11 is 1.90. The number of amides is 3. The Morgan fingerprint density at radius 3 is 2.12 bits per heavy atom. The lowest BCUT2D eigenvalue weighted by molar-refractivity contribution is -0.154. The van der Waals surface area contributed by atoms with Gasteiger partial charge in [-0.25, -0.2) is 9.59 Å². The van der Waals surface area contributed by atoms with Crippen LogP contribution in [0.3, 0.4) is 0 Å². The summed E-state index contributed by atoms with van der Waals surface area (Å²) in [5.41, 5.74) is -0.702. The van der Waals surface area contributed by atoms with Crippen LogP contribution in [0.1, 0.15) is 113 Å². The monoisotopic (exact) mass is 579 g/mol. The van der Waals surface area contributed by atoms with Crippen LogP contribution in [0.25, 0.3) is 0 Å². The molecule has 6 atom stereocenters. The fourth-order valence-corrected chi connectivity index (χ4v) is 8.86. The van der Waals surface area contributed by atoms with Crippen molar-refractivity contribution in [1.29, 1.82) is 0 Å². The van der Waals surface area contributed by atoms with Gasteiger partial charge in [-0.1, -0.05) is 81.1 Å². The molecule has 0 aromatic carbocycles. The molecule has 2 N–H and O–H groups in total. The number of hydrogen-bond acceptors (Lipinski definition) is 5. The molecule has 3 aliphatic rings. The van der Waals surface area contributed by atoms with Gasteiger partial charge in [0.15, 0.2) is 0 Å². The Balaban J connectivity index is 1.91. The van der Waals surface area contributed by atoms with E-state index in [2.05, 4.69) is 66.0 Å². The van der Waals surface area contributed by atoms with E-state index in [0.29, 0.717) is 18.4 Å². The molecule has 1 unspecified atom stereocenters. The molecule has 8 heteroatoms. The summed E-state index contributed by atoms with van der Waals surface area (Å²) in [6.45, 7) is 18.1. The summed E-state index contributed by atoms with van der Waals surface area (Å²) in [7, 11) is 1.40. The Labute approximate surface area is 248 Å². The van der Waals surface area contributed by atoms with Crippen molar-refractivity contribution in [3.63, 3.8) is 0 Å². The third kappa shape index (κ3) is 7.30. The van der Waals surface area contributed by atoms with Gasteiger partial charge in [0.1, 0.15) is 12.1 Å². The van der Waals surface area contributed by atoms with Crippen molar-refractivity contribution in [3.05, 3.63) is 0 Å². The predicted octanol–water partition coefficient (Wildman–Crippen LogP) is 6.40. The number of urea groups is 1. The van der Waals surface area contributed by atoms with Gasteiger partial charge in [-0.3, -0.25) is 4.79 Å². The number of thioether (sulfide) groups is 1. The normalized spacial score (nSPS) is 31.5. The maximum Gasteiger partial charge on any atom is 0.328 e. The van der Waals surface area contributed by atoms with Crippen LogP contribution in [0.2, 0.25) is 0 Å². The second-order valence-electron chi connectivity index (χ2n) is 14.6. The standard InChI is InChI=1S/C32H57N3O4S/c1-21(2)24-16-19-35(25(24)28(37)39-9)27(36)26(31(8)17-11-10-12-18-31)33-29(38)34-32(20-40-30(5,6)7)22(3)14-13-15-23(32)4/h21-26H,10-20H2,1-9H3,(H2,33,34,38)/t22-,23+,24-,25+,26-,32?/m1/s1. The Bertz CT molecular complexity index is 885. The minimum Gasteiger partial charge on any atom is -0.467 e. The molecular formula is C32H57N3O4S. The first-order valence-corrected chi connectivity index (χ1v) is 16.7. The van der Waals surface area contributed by atoms with Crippen molar-refractivity contribution < 1.29 is 19.1 Å². The Kier molecular flexibility index (Phi) is 11.0. The number of nitrogens with one attached hydrogen (secondary N) is 2. The molecule has 230 valence electrons. The molecule has 1 saturated heterocycles. The van der Waals surface area contributed by atoms with Crippen LogP contribution in [0, 0.1) is 29.1 Å². The van der Waals surface area contributed by atoms with Gasteiger partial charge >= 0.3 is 12.0 Å². The Morgan fingerprint density at radius 2 is 1.60 bits per heavy atom. The first-order valence-electron chi connectivity index (χ1n) is 15.8. The zero-order valence-electron chi connectivity index (χ0n) is 26.7. The number of ether oxygens (including phenoxy) is 1. The fraction of sp³-hybridized carbons (Fsp3) is 0.906. The average molecular weight is 580 g/mol. The Hall–Kier alpha value is -1.44. The minimum absolute atomic E-state index is 0.0478. The molecular weight excluding hydrogens is 522 g/mol. The van der Waals surface area contributed by atoms with Crippen LogP contribution < -0.4 is 10.6 Å². The Morgan fingerprint density at radius 1 is 1.00 bits per heavy atom. The number of likely N-dealkylation sites (tertiary alicyclic amines) is 1. The van der Waals surface area contributed by atoms with Gasteiger partial charge in [0.05, 0.1) is 12.6 Å². The molecule has 2 saturated carbocycles. The lowest BCUT2D eigenvalue weighted by atomic mass is 9.68. The largest absolute Gasteiger partial charge is 0.467 e. The van der Waals surface area contributed by atoms with Crippen molar-refractivity contribution in [1.82, 2.24) is 15.5 Å². The van der Waals surface area contributed by atoms with Crippen molar-refractivity contribution in [2.75, 3.05) is 19.4 Å². The predicted molar refractivity (Wildman–Crippen MR) is 164 cm³/mol. The minimum atomic E-state index is -0.688. The number of nitrogens with zero attached hydrogens (tertiary/aromatic N) is 1. The van der Waals surface area contributed by atoms with Crippen LogP contribution in [0.5, 0.6) is 0 Å². The maximum atomic E-state index is 14.4. The van der Waals surface area contributed by atoms with E-state index in [1.807, 2.05) is 11.8 Å². The molecule has 0 radical (unpaired) electrons. The molecule has 0 bridgehead atoms. The zero-order chi connectivity index (χ0) is 29.9. The van der Waals surface area contributed by atoms with Crippen molar-refractivity contribution in [2.45, 2.75) is 136 Å². The van der Waals surface area contributed by atoms with E-state index in [4.69, 9.17) is 4.74 Å². The quantitative estimate of drug-likeness (QED) is 0.325. The van der Waals surface area contributed by atoms with Crippen LogP contribution in [-0.4, -0.2) is 64.6 Å². The number of esters is 1. The zero-order valence-corrected chi connectivity index (χ0v) is 27.5. The molecule has 0 aromatic heterocycles. The van der Waals surface area contributed by atoms with E-state index >= 15 is 0 Å². The molecule has 40 heavy (non-hydrogen) atoms. The number of carbonyl (C=O) groups excluding carboxylic acids is 3. The smallest absolute Gasteiger partial charge is 0.328 e. The topological polar surface area (TPSA) is 87.7 Å². The van der Waals surface area contributed by atoms with Gasteiger partial charge in [-0.05, 0) is 61.2 Å². The van der Waals surface area contributed by atoms with E-state index in [1.165, 1.54) is 13.5 Å². The van der Waals surface area contributed by atoms with Gasteiger partial charge in [-0.2, -0.15) is 11.8 Å². The van der Waals surface area contributed by atoms with Gasteiger partial charge in [-0.15, -0.1) is 0 Å². The second-order valence-corrected chi connectivity index (χ2v) is 16.4. The molecule has 3 fully saturated rings. The first-order chi connectivity index (χ1) is 18.6. The molecule has 3 rings (SSSR count). The first kappa shape index (κ1) is 33.1. The highest BCUT2D eigenvalue weighted by Crippen LogP contribution is 2.44. The third-order valence-electron chi connectivity index (χ3n) is 10.4. The van der Waals surface area contributed by atoms with Gasteiger partial charge in [0, 0.05) is 17.0 Å². The molecule has 1 heterocycles. The summed E-state index contributed by atoms with van der Waals surface area (Å²) in [5.74, 6) is 1.32. The van der Waals surface area contributed by atoms with Crippen molar-refractivity contribution in [2.24, 2.45) is 29.1 Å². The van der Waals surface area contributed by atoms with Crippen LogP contribution >= 0.6 is 11.8 Å². The van der Waals surface area contributed by atoms with E-state index in [9.17, 15) is 14.4 Å². The molecule has 7 nitrogen and oxygen atoms in total. The summed E-state index contributed by atoms with van der Waals surface area (Å²) in [6.07, 6.45) is 9.10. The lowest BCUT2D eigenvalue weighted by Gasteiger charge is -2.49. The highest BCUT2D eigenvalue weighted by molar-refractivity contribution is 8.00. The van der Waals surface area contributed by atoms with E-state index in [1.54, 1.807) is 4.90 Å². The van der Waals surface area contributed by atoms with Gasteiger partial charge in [0.25, 0.3) is 0 Å². The van der Waals surface area contributed by atoms with Crippen molar-refractivity contribution >= 4 is 29.7 Å². The van der Waals surface area contributed by atoms with Crippen LogP contribution in [0.4, 0.5) is 4.79 Å². The number of rotatable bonds is 8. The summed E-state index contributed by atoms with van der Waals surface area (Å²) in [6, 6.07) is -1.55. The summed E-state index contributed by atoms with van der Waals surface area (Å²) in [4.78, 5) is 43.1. The number of carbonyl (C=O) groups is 3. The van der Waals surface area contributed by atoms with Crippen LogP contribution in [-0.2, 0) is 14.3 Å². The third-order valence-corrected chi connectivity index (χ3v) is 11.9. The second kappa shape index (κ2) is 13.2. The van der Waals surface area contributed by atoms with E-state index in [-0.39, 0.29) is 45.4 Å². The maximum absolute atomic E-state index is 14.4. The highest BCUT2D eigenvalue weighted by atomic mass is 32.2. The fourth-order valence-electron chi connectivity index (χ4n) is 7.54. The molecule has 3 amide bonds. The van der Waals surface area contributed by atoms with E-state index in [0.717, 1.165) is 57.1 Å². The number of hydrogen-bond donors (Lipinski definition) is 2. The van der Waals surface area contributed by atoms with Gasteiger partial charge < -0.3 is 20.3 Å². The molecule has 2 aliphatic carbocycles. The van der Waals surface area contributed by atoms with E-state index < -0.39 is 12.1 Å². The van der Waals surface area contributed by atoms with Crippen molar-refractivity contribution in [3.8, 4) is 0 Å². The number of methoxy groups -OCH3 is 1. The molecule has 0 spiro atoms. The molecule has 1 aliphatic heterocycles. The average Bonchev–Trinajstić information content (AvgIpc) is 3.33. The summed E-state index contributed by atoms with van der Waals surface area (Å²) in [5, 5.41) is 6.71. The molecule has 0 aromatic rings. The van der Waals surface area contributed by atoms with Gasteiger partial charge in [0.2, 0.25) is 5.91 Å². The summed E-state index contributed by atoms with van der Waals surface area (Å²) < 4.78 is 5.27. The van der Waals surface area contributed by atoms with Crippen LogP contribution in [0.15, 0.2) is 0 Å². The SMILES string of the molecule is COC(=O)[C@@H]1[C@@H](C(C)C)CCN1C(=O)[C@@H](NC(=O)NC1(CSC(C)(C)C)[C@H](C)CCC[C@@H]1C)C1(C)CCCCC1. The lowest BCUT2D eigenvalue weighted by Crippen LogP contribution is -2.66. The highest BCUT2D eigenvalue weighted by Gasteiger charge is 2.51.